The molecule has 1 aromatic heterocycles. The van der Waals surface area contributed by atoms with Crippen LogP contribution in [0.5, 0.6) is 0 Å². The molecule has 0 amide bonds. The van der Waals surface area contributed by atoms with Gasteiger partial charge in [-0.1, -0.05) is 35.3 Å². The monoisotopic (exact) mass is 344 g/mol. The van der Waals surface area contributed by atoms with Gasteiger partial charge >= 0.3 is 5.97 Å². The minimum absolute atomic E-state index is 0.0205. The van der Waals surface area contributed by atoms with Crippen molar-refractivity contribution in [3.8, 4) is 0 Å². The van der Waals surface area contributed by atoms with Gasteiger partial charge < -0.3 is 10.2 Å². The van der Waals surface area contributed by atoms with Gasteiger partial charge in [0, 0.05) is 22.2 Å². The van der Waals surface area contributed by atoms with Crippen LogP contribution >= 0.6 is 34.5 Å². The second-order valence-corrected chi connectivity index (χ2v) is 6.86. The van der Waals surface area contributed by atoms with Crippen LogP contribution in [-0.2, 0) is 4.79 Å². The Hall–Kier alpha value is -1.07. The van der Waals surface area contributed by atoms with Crippen LogP contribution in [0.2, 0.25) is 9.36 Å². The predicted octanol–water partition coefficient (Wildman–Crippen LogP) is 4.74. The highest BCUT2D eigenvalue weighted by Gasteiger charge is 2.25. The van der Waals surface area contributed by atoms with Gasteiger partial charge in [0.1, 0.15) is 0 Å². The first-order valence-electron chi connectivity index (χ1n) is 6.38. The van der Waals surface area contributed by atoms with Crippen LogP contribution in [0.1, 0.15) is 35.3 Å². The first-order chi connectivity index (χ1) is 9.97. The largest absolute Gasteiger partial charge is 0.481 e. The van der Waals surface area contributed by atoms with Gasteiger partial charge in [-0.05, 0) is 36.2 Å². The van der Waals surface area contributed by atoms with Crippen LogP contribution in [0.3, 0.4) is 0 Å². The quantitative estimate of drug-likeness (QED) is 0.795. The molecule has 21 heavy (non-hydrogen) atoms. The number of thiophene rings is 1. The fourth-order valence-corrected chi connectivity index (χ4v) is 3.52. The highest BCUT2D eigenvalue weighted by molar-refractivity contribution is 7.16. The van der Waals surface area contributed by atoms with Gasteiger partial charge in [-0.15, -0.1) is 11.3 Å². The van der Waals surface area contributed by atoms with Crippen LogP contribution in [-0.4, -0.2) is 16.2 Å². The number of carboxylic acids is 1. The summed E-state index contributed by atoms with van der Waals surface area (Å²) in [7, 11) is 0. The summed E-state index contributed by atoms with van der Waals surface area (Å²) in [5.41, 5.74) is 0.820. The SMILES string of the molecule is O=C(O)CCC(c1cccc(Cl)c1)C(O)c1ccc(Cl)s1. The van der Waals surface area contributed by atoms with E-state index >= 15 is 0 Å². The van der Waals surface area contributed by atoms with E-state index in [-0.39, 0.29) is 12.3 Å². The number of carbonyl (C=O) groups is 1. The topological polar surface area (TPSA) is 57.5 Å². The standard InChI is InChI=1S/C15H14Cl2O3S/c16-10-3-1-2-9(8-10)11(4-7-14(18)19)15(20)12-5-6-13(17)21-12/h1-3,5-6,8,11,15,20H,4,7H2,(H,18,19). The fraction of sp³-hybridized carbons (Fsp3) is 0.267. The molecular formula is C15H14Cl2O3S. The molecule has 0 aliphatic carbocycles. The number of aliphatic hydroxyl groups is 1. The summed E-state index contributed by atoms with van der Waals surface area (Å²) in [4.78, 5) is 11.6. The lowest BCUT2D eigenvalue weighted by Crippen LogP contribution is -2.12. The molecule has 112 valence electrons. The molecule has 3 nitrogen and oxygen atoms in total. The molecule has 2 unspecified atom stereocenters. The van der Waals surface area contributed by atoms with Crippen molar-refractivity contribution in [2.75, 3.05) is 0 Å². The molecular weight excluding hydrogens is 331 g/mol. The summed E-state index contributed by atoms with van der Waals surface area (Å²) in [6.07, 6.45) is -0.500. The maximum absolute atomic E-state index is 10.8. The van der Waals surface area contributed by atoms with Crippen LogP contribution < -0.4 is 0 Å². The molecule has 0 radical (unpaired) electrons. The molecule has 0 aliphatic rings. The molecule has 2 N–H and O–H groups in total. The van der Waals surface area contributed by atoms with Crippen molar-refractivity contribution < 1.29 is 15.0 Å². The smallest absolute Gasteiger partial charge is 0.303 e. The zero-order chi connectivity index (χ0) is 15.4. The minimum Gasteiger partial charge on any atom is -0.481 e. The van der Waals surface area contributed by atoms with Crippen molar-refractivity contribution >= 4 is 40.5 Å². The maximum Gasteiger partial charge on any atom is 0.303 e. The number of rotatable bonds is 6. The minimum atomic E-state index is -0.890. The average Bonchev–Trinajstić information content (AvgIpc) is 2.85. The van der Waals surface area contributed by atoms with Crippen molar-refractivity contribution in [1.29, 1.82) is 0 Å². The van der Waals surface area contributed by atoms with Crippen LogP contribution in [0, 0.1) is 0 Å². The Bertz CT molecular complexity index is 627. The van der Waals surface area contributed by atoms with E-state index < -0.39 is 12.1 Å². The van der Waals surface area contributed by atoms with Gasteiger partial charge in [0.05, 0.1) is 10.4 Å². The molecule has 0 spiro atoms. The molecule has 0 fully saturated rings. The van der Waals surface area contributed by atoms with E-state index in [2.05, 4.69) is 0 Å². The van der Waals surface area contributed by atoms with Crippen molar-refractivity contribution in [3.63, 3.8) is 0 Å². The summed E-state index contributed by atoms with van der Waals surface area (Å²) in [5.74, 6) is -1.23. The van der Waals surface area contributed by atoms with Gasteiger partial charge in [0.25, 0.3) is 0 Å². The molecule has 1 heterocycles. The van der Waals surface area contributed by atoms with Crippen LogP contribution in [0.25, 0.3) is 0 Å². The van der Waals surface area contributed by atoms with Crippen molar-refractivity contribution in [2.24, 2.45) is 0 Å². The zero-order valence-corrected chi connectivity index (χ0v) is 13.3. The number of aliphatic hydroxyl groups excluding tert-OH is 1. The lowest BCUT2D eigenvalue weighted by Gasteiger charge is -2.22. The number of benzene rings is 1. The summed E-state index contributed by atoms with van der Waals surface area (Å²) in [6.45, 7) is 0. The third kappa shape index (κ3) is 4.45. The zero-order valence-electron chi connectivity index (χ0n) is 11.0. The van der Waals surface area contributed by atoms with E-state index in [0.29, 0.717) is 15.8 Å². The Kier molecular flexibility index (Phi) is 5.65. The Labute approximate surface area is 136 Å². The summed E-state index contributed by atoms with van der Waals surface area (Å²) in [6, 6.07) is 10.6. The molecule has 2 rings (SSSR count). The van der Waals surface area contributed by atoms with E-state index in [4.69, 9.17) is 28.3 Å². The maximum atomic E-state index is 10.8. The first kappa shape index (κ1) is 16.3. The summed E-state index contributed by atoms with van der Waals surface area (Å²) < 4.78 is 0.590. The predicted molar refractivity (Wildman–Crippen MR) is 85.4 cm³/mol. The molecule has 1 aromatic carbocycles. The highest BCUT2D eigenvalue weighted by Crippen LogP contribution is 2.39. The molecule has 2 atom stereocenters. The lowest BCUT2D eigenvalue weighted by atomic mass is 9.88. The van der Waals surface area contributed by atoms with E-state index in [1.54, 1.807) is 30.3 Å². The number of carboxylic acid groups (broad SMARTS) is 1. The summed E-state index contributed by atoms with van der Waals surface area (Å²) >= 11 is 13.2. The lowest BCUT2D eigenvalue weighted by molar-refractivity contribution is -0.137. The van der Waals surface area contributed by atoms with Gasteiger partial charge in [-0.2, -0.15) is 0 Å². The molecule has 2 aromatic rings. The van der Waals surface area contributed by atoms with E-state index in [1.165, 1.54) is 11.3 Å². The second-order valence-electron chi connectivity index (χ2n) is 4.68. The van der Waals surface area contributed by atoms with E-state index in [0.717, 1.165) is 10.4 Å². The number of aliphatic carboxylic acids is 1. The first-order valence-corrected chi connectivity index (χ1v) is 7.95. The van der Waals surface area contributed by atoms with Gasteiger partial charge in [-0.3, -0.25) is 4.79 Å². The number of hydrogen-bond donors (Lipinski definition) is 2. The number of hydrogen-bond acceptors (Lipinski definition) is 3. The van der Waals surface area contributed by atoms with Gasteiger partial charge in [0.2, 0.25) is 0 Å². The molecule has 0 aliphatic heterocycles. The van der Waals surface area contributed by atoms with Gasteiger partial charge in [-0.25, -0.2) is 0 Å². The van der Waals surface area contributed by atoms with Crippen molar-refractivity contribution in [3.05, 3.63) is 56.2 Å². The van der Waals surface area contributed by atoms with Crippen LogP contribution in [0.4, 0.5) is 0 Å². The van der Waals surface area contributed by atoms with Crippen molar-refractivity contribution in [2.45, 2.75) is 24.9 Å². The van der Waals surface area contributed by atoms with Crippen LogP contribution in [0.15, 0.2) is 36.4 Å². The third-order valence-corrected chi connectivity index (χ3v) is 4.75. The normalized spacial score (nSPS) is 13.9. The molecule has 6 heteroatoms. The second kappa shape index (κ2) is 7.27. The van der Waals surface area contributed by atoms with Gasteiger partial charge in [0.15, 0.2) is 0 Å². The summed E-state index contributed by atoms with van der Waals surface area (Å²) in [5, 5.41) is 20.0. The number of halogens is 2. The Morgan fingerprint density at radius 2 is 2.00 bits per heavy atom. The highest BCUT2D eigenvalue weighted by atomic mass is 35.5. The molecule has 0 saturated carbocycles. The fourth-order valence-electron chi connectivity index (χ4n) is 2.21. The third-order valence-electron chi connectivity index (χ3n) is 3.21. The average molecular weight is 345 g/mol. The van der Waals surface area contributed by atoms with Crippen molar-refractivity contribution in [1.82, 2.24) is 0 Å². The van der Waals surface area contributed by atoms with E-state index in [1.807, 2.05) is 6.07 Å². The molecule has 0 saturated heterocycles. The Balaban J connectivity index is 2.28. The van der Waals surface area contributed by atoms with E-state index in [9.17, 15) is 9.90 Å². The Morgan fingerprint density at radius 3 is 2.57 bits per heavy atom. The Morgan fingerprint density at radius 1 is 1.24 bits per heavy atom. The molecule has 0 bridgehead atoms.